The number of aliphatic hydroxyl groups is 1. The predicted octanol–water partition coefficient (Wildman–Crippen LogP) is 5.70. The van der Waals surface area contributed by atoms with Gasteiger partial charge in [-0.15, -0.1) is 0 Å². The summed E-state index contributed by atoms with van der Waals surface area (Å²) in [6, 6.07) is 0. The monoisotopic (exact) mass is 484 g/mol. The highest BCUT2D eigenvalue weighted by Gasteiger charge is 2.17. The molecule has 0 bridgehead atoms. The zero-order valence-electron chi connectivity index (χ0n) is 19.8. The zero-order valence-corrected chi connectivity index (χ0v) is 20.7. The van der Waals surface area contributed by atoms with E-state index in [4.69, 9.17) is 14.5 Å². The van der Waals surface area contributed by atoms with Gasteiger partial charge in [-0.3, -0.25) is 9.32 Å². The van der Waals surface area contributed by atoms with E-state index in [9.17, 15) is 14.5 Å². The van der Waals surface area contributed by atoms with Crippen LogP contribution in [-0.4, -0.2) is 40.2 Å². The quantitative estimate of drug-likeness (QED) is 0.0879. The highest BCUT2D eigenvalue weighted by atomic mass is 31.2. The fraction of sp³-hybridized carbons (Fsp3) is 0.560. The molecular formula is C25H41O7P. The van der Waals surface area contributed by atoms with Crippen LogP contribution in [0.5, 0.6) is 0 Å². The van der Waals surface area contributed by atoms with Crippen LogP contribution in [0, 0.1) is 0 Å². The van der Waals surface area contributed by atoms with E-state index in [0.717, 1.165) is 51.4 Å². The van der Waals surface area contributed by atoms with Crippen molar-refractivity contribution in [1.29, 1.82) is 0 Å². The molecule has 3 N–H and O–H groups in total. The Bertz CT molecular complexity index is 674. The van der Waals surface area contributed by atoms with E-state index in [-0.39, 0.29) is 13.0 Å². The number of hydrogen-bond donors (Lipinski definition) is 3. The molecule has 188 valence electrons. The van der Waals surface area contributed by atoms with E-state index in [1.807, 2.05) is 0 Å². The summed E-state index contributed by atoms with van der Waals surface area (Å²) >= 11 is 0. The predicted molar refractivity (Wildman–Crippen MR) is 133 cm³/mol. The molecule has 0 rings (SSSR count). The zero-order chi connectivity index (χ0) is 24.6. The van der Waals surface area contributed by atoms with Crippen molar-refractivity contribution in [2.45, 2.75) is 77.2 Å². The Labute approximate surface area is 198 Å². The summed E-state index contributed by atoms with van der Waals surface area (Å²) in [6.45, 7) is 1.19. The maximum Gasteiger partial charge on any atom is 0.469 e. The molecule has 0 radical (unpaired) electrons. The van der Waals surface area contributed by atoms with E-state index in [0.29, 0.717) is 6.42 Å². The first-order chi connectivity index (χ1) is 15.8. The molecule has 0 aliphatic rings. The van der Waals surface area contributed by atoms with Crippen LogP contribution >= 0.6 is 7.82 Å². The Balaban J connectivity index is 3.56. The van der Waals surface area contributed by atoms with Crippen LogP contribution in [0.25, 0.3) is 0 Å². The summed E-state index contributed by atoms with van der Waals surface area (Å²) in [6.07, 6.45) is 29.1. The molecule has 0 aliphatic heterocycles. The fourth-order valence-corrected chi connectivity index (χ4v) is 2.94. The van der Waals surface area contributed by atoms with Crippen LogP contribution in [-0.2, 0) is 18.6 Å². The van der Waals surface area contributed by atoms with Gasteiger partial charge in [-0.1, -0.05) is 74.1 Å². The first kappa shape index (κ1) is 31.2. The molecule has 8 heteroatoms. The van der Waals surface area contributed by atoms with Gasteiger partial charge in [0, 0.05) is 6.42 Å². The van der Waals surface area contributed by atoms with Crippen molar-refractivity contribution < 1.29 is 33.5 Å². The van der Waals surface area contributed by atoms with Gasteiger partial charge in [-0.25, -0.2) is 4.57 Å². The number of rotatable bonds is 20. The summed E-state index contributed by atoms with van der Waals surface area (Å²) in [5, 5.41) is 9.43. The van der Waals surface area contributed by atoms with Gasteiger partial charge < -0.3 is 19.6 Å². The first-order valence-electron chi connectivity index (χ1n) is 11.6. The third kappa shape index (κ3) is 26.4. The third-order valence-electron chi connectivity index (χ3n) is 4.28. The van der Waals surface area contributed by atoms with Gasteiger partial charge in [0.05, 0.1) is 6.61 Å². The van der Waals surface area contributed by atoms with Crippen molar-refractivity contribution in [2.75, 3.05) is 13.2 Å². The topological polar surface area (TPSA) is 113 Å². The van der Waals surface area contributed by atoms with Crippen LogP contribution in [0.1, 0.15) is 71.1 Å². The van der Waals surface area contributed by atoms with Crippen LogP contribution in [0.4, 0.5) is 0 Å². The number of unbranched alkanes of at least 4 members (excludes halogenated alkanes) is 3. The summed E-state index contributed by atoms with van der Waals surface area (Å²) in [4.78, 5) is 28.6. The molecule has 0 fully saturated rings. The molecule has 1 unspecified atom stereocenters. The van der Waals surface area contributed by atoms with E-state index < -0.39 is 26.5 Å². The second kappa shape index (κ2) is 22.1. The molecule has 0 heterocycles. The Morgan fingerprint density at radius 3 is 1.82 bits per heavy atom. The van der Waals surface area contributed by atoms with Crippen LogP contribution in [0.15, 0.2) is 60.8 Å². The van der Waals surface area contributed by atoms with Gasteiger partial charge in [0.1, 0.15) is 12.7 Å². The van der Waals surface area contributed by atoms with Crippen LogP contribution in [0.3, 0.4) is 0 Å². The summed E-state index contributed by atoms with van der Waals surface area (Å²) in [5.74, 6) is -0.444. The highest BCUT2D eigenvalue weighted by Crippen LogP contribution is 2.35. The van der Waals surface area contributed by atoms with Gasteiger partial charge in [-0.05, 0) is 51.4 Å². The molecule has 0 aromatic carbocycles. The lowest BCUT2D eigenvalue weighted by Gasteiger charge is -2.12. The molecule has 1 atom stereocenters. The maximum absolute atomic E-state index is 11.6. The van der Waals surface area contributed by atoms with Crippen molar-refractivity contribution in [1.82, 2.24) is 0 Å². The maximum atomic E-state index is 11.6. The Morgan fingerprint density at radius 2 is 1.30 bits per heavy atom. The molecule has 0 aromatic heterocycles. The number of carbonyl (C=O) groups excluding carboxylic acids is 1. The Morgan fingerprint density at radius 1 is 0.788 bits per heavy atom. The molecule has 0 saturated heterocycles. The SMILES string of the molecule is CCC=CCC=CCC=CCC=CCC=CCCCCCC(=O)OCC(O)COP(=O)(O)O. The Hall–Kier alpha value is -1.76. The second-order valence-electron chi connectivity index (χ2n) is 7.43. The third-order valence-corrected chi connectivity index (χ3v) is 4.77. The van der Waals surface area contributed by atoms with Gasteiger partial charge >= 0.3 is 13.8 Å². The average molecular weight is 485 g/mol. The van der Waals surface area contributed by atoms with E-state index >= 15 is 0 Å². The first-order valence-corrected chi connectivity index (χ1v) is 13.2. The standard InChI is InChI=1S/C25H41O7P/c1-2-3-4-5-6-7-8-9-10-11-12-13-14-15-16-17-18-19-20-21-25(27)31-22-24(26)23-32-33(28,29)30/h3-4,6-7,9-10,12-13,15-16,24,26H,2,5,8,11,14,17-23H2,1H3,(H2,28,29,30). The minimum absolute atomic E-state index is 0.248. The number of ether oxygens (including phenoxy) is 1. The molecule has 33 heavy (non-hydrogen) atoms. The second-order valence-corrected chi connectivity index (χ2v) is 8.67. The lowest BCUT2D eigenvalue weighted by atomic mass is 10.1. The number of allylic oxidation sites excluding steroid dienone is 10. The molecule has 0 spiro atoms. The molecular weight excluding hydrogens is 443 g/mol. The smallest absolute Gasteiger partial charge is 0.463 e. The number of esters is 1. The molecule has 0 saturated carbocycles. The minimum atomic E-state index is -4.63. The number of hydrogen-bond acceptors (Lipinski definition) is 5. The lowest BCUT2D eigenvalue weighted by molar-refractivity contribution is -0.147. The van der Waals surface area contributed by atoms with Crippen molar-refractivity contribution in [3.8, 4) is 0 Å². The summed E-state index contributed by atoms with van der Waals surface area (Å²) < 4.78 is 19.5. The fourth-order valence-electron chi connectivity index (χ4n) is 2.57. The van der Waals surface area contributed by atoms with Crippen molar-refractivity contribution in [3.05, 3.63) is 60.8 Å². The van der Waals surface area contributed by atoms with E-state index in [1.54, 1.807) is 0 Å². The molecule has 0 amide bonds. The average Bonchev–Trinajstić information content (AvgIpc) is 2.77. The highest BCUT2D eigenvalue weighted by molar-refractivity contribution is 7.46. The summed E-state index contributed by atoms with van der Waals surface area (Å²) in [7, 11) is -4.63. The number of phosphoric ester groups is 1. The van der Waals surface area contributed by atoms with Gasteiger partial charge in [0.25, 0.3) is 0 Å². The van der Waals surface area contributed by atoms with Gasteiger partial charge in [-0.2, -0.15) is 0 Å². The summed E-state index contributed by atoms with van der Waals surface area (Å²) in [5.41, 5.74) is 0. The molecule has 0 aliphatic carbocycles. The van der Waals surface area contributed by atoms with Crippen molar-refractivity contribution in [3.63, 3.8) is 0 Å². The molecule has 0 aromatic rings. The van der Waals surface area contributed by atoms with Crippen LogP contribution < -0.4 is 0 Å². The lowest BCUT2D eigenvalue weighted by Crippen LogP contribution is -2.23. The Kier molecular flexibility index (Phi) is 20.9. The number of phosphoric acid groups is 1. The number of aliphatic hydroxyl groups excluding tert-OH is 1. The van der Waals surface area contributed by atoms with Crippen LogP contribution in [0.2, 0.25) is 0 Å². The largest absolute Gasteiger partial charge is 0.469 e. The van der Waals surface area contributed by atoms with Gasteiger partial charge in [0.15, 0.2) is 0 Å². The van der Waals surface area contributed by atoms with E-state index in [2.05, 4.69) is 72.2 Å². The molecule has 7 nitrogen and oxygen atoms in total. The van der Waals surface area contributed by atoms with Crippen molar-refractivity contribution in [2.24, 2.45) is 0 Å². The minimum Gasteiger partial charge on any atom is -0.463 e. The van der Waals surface area contributed by atoms with E-state index in [1.165, 1.54) is 0 Å². The number of carbonyl (C=O) groups is 1. The van der Waals surface area contributed by atoms with Gasteiger partial charge in [0.2, 0.25) is 0 Å². The van der Waals surface area contributed by atoms with Crippen molar-refractivity contribution >= 4 is 13.8 Å². The normalized spacial score (nSPS) is 13.9.